The molecule has 1 heteroatoms. The van der Waals surface area contributed by atoms with Crippen LogP contribution in [0.3, 0.4) is 0 Å². The summed E-state index contributed by atoms with van der Waals surface area (Å²) in [7, 11) is 0. The van der Waals surface area contributed by atoms with E-state index >= 15 is 0 Å². The third kappa shape index (κ3) is 3.55. The Morgan fingerprint density at radius 2 is 1.59 bits per heavy atom. The largest absolute Gasteiger partial charge is 0.0837 e. The lowest BCUT2D eigenvalue weighted by Gasteiger charge is -2.28. The molecular weight excluding hydrogens is 288 g/mol. The van der Waals surface area contributed by atoms with Crippen molar-refractivity contribution in [2.24, 2.45) is 5.92 Å². The number of hydrogen-bond donors (Lipinski definition) is 0. The minimum absolute atomic E-state index is 0.758. The first-order chi connectivity index (χ1) is 10.8. The van der Waals surface area contributed by atoms with Crippen LogP contribution in [0.4, 0.5) is 0 Å². The van der Waals surface area contributed by atoms with E-state index in [-0.39, 0.29) is 0 Å². The maximum absolute atomic E-state index is 6.29. The summed E-state index contributed by atoms with van der Waals surface area (Å²) < 4.78 is 0. The summed E-state index contributed by atoms with van der Waals surface area (Å²) in [6.45, 7) is 2.31. The lowest BCUT2D eigenvalue weighted by atomic mass is 9.77. The van der Waals surface area contributed by atoms with E-state index in [1.807, 2.05) is 18.2 Å². The minimum atomic E-state index is 0.758. The molecule has 0 amide bonds. The third-order valence-electron chi connectivity index (χ3n) is 5.11. The number of rotatable bonds is 4. The quantitative estimate of drug-likeness (QED) is 0.565. The van der Waals surface area contributed by atoms with Gasteiger partial charge in [-0.2, -0.15) is 0 Å². The standard InChI is InChI=1S/C21H25Cl/c1-2-5-16-8-10-17(11-9-16)18-12-14-19(15-13-18)20-6-3-4-7-21(20)22/h3-4,6-7,12-17H,2,5,8-11H2,1H3. The van der Waals surface area contributed by atoms with Crippen molar-refractivity contribution < 1.29 is 0 Å². The van der Waals surface area contributed by atoms with Crippen LogP contribution < -0.4 is 0 Å². The normalized spacial score (nSPS) is 21.7. The van der Waals surface area contributed by atoms with Gasteiger partial charge in [0.2, 0.25) is 0 Å². The molecule has 0 N–H and O–H groups in total. The predicted octanol–water partition coefficient (Wildman–Crippen LogP) is 7.08. The van der Waals surface area contributed by atoms with Crippen LogP contribution in [0.2, 0.25) is 5.02 Å². The van der Waals surface area contributed by atoms with Crippen LogP contribution in [0.1, 0.15) is 56.9 Å². The average Bonchev–Trinajstić information content (AvgIpc) is 2.57. The molecule has 0 nitrogen and oxygen atoms in total. The fourth-order valence-electron chi connectivity index (χ4n) is 3.82. The highest BCUT2D eigenvalue weighted by Gasteiger charge is 2.21. The fraction of sp³-hybridized carbons (Fsp3) is 0.429. The van der Waals surface area contributed by atoms with Crippen molar-refractivity contribution >= 4 is 11.6 Å². The van der Waals surface area contributed by atoms with Crippen LogP contribution in [-0.4, -0.2) is 0 Å². The van der Waals surface area contributed by atoms with E-state index in [2.05, 4.69) is 37.3 Å². The van der Waals surface area contributed by atoms with E-state index in [0.29, 0.717) is 0 Å². The second kappa shape index (κ2) is 7.33. The van der Waals surface area contributed by atoms with Gasteiger partial charge in [-0.15, -0.1) is 0 Å². The Labute approximate surface area is 139 Å². The first-order valence-electron chi connectivity index (χ1n) is 8.62. The van der Waals surface area contributed by atoms with Crippen molar-refractivity contribution in [3.05, 3.63) is 59.1 Å². The molecule has 3 rings (SSSR count). The summed E-state index contributed by atoms with van der Waals surface area (Å²) in [5, 5.41) is 0.829. The molecule has 116 valence electrons. The number of hydrogen-bond acceptors (Lipinski definition) is 0. The van der Waals surface area contributed by atoms with Gasteiger partial charge in [-0.1, -0.05) is 73.8 Å². The zero-order valence-corrected chi connectivity index (χ0v) is 14.2. The van der Waals surface area contributed by atoms with Crippen LogP contribution in [0.15, 0.2) is 48.5 Å². The van der Waals surface area contributed by atoms with Gasteiger partial charge in [-0.05, 0) is 54.7 Å². The molecule has 0 unspecified atom stereocenters. The highest BCUT2D eigenvalue weighted by atomic mass is 35.5. The number of benzene rings is 2. The van der Waals surface area contributed by atoms with Crippen molar-refractivity contribution in [1.82, 2.24) is 0 Å². The molecule has 0 spiro atoms. The Morgan fingerprint density at radius 1 is 0.909 bits per heavy atom. The Morgan fingerprint density at radius 3 is 2.23 bits per heavy atom. The molecular formula is C21H25Cl. The maximum Gasteiger partial charge on any atom is 0.0484 e. The molecule has 0 heterocycles. The average molecular weight is 313 g/mol. The zero-order valence-electron chi connectivity index (χ0n) is 13.4. The summed E-state index contributed by atoms with van der Waals surface area (Å²) >= 11 is 6.29. The minimum Gasteiger partial charge on any atom is -0.0837 e. The van der Waals surface area contributed by atoms with Crippen LogP contribution in [0, 0.1) is 5.92 Å². The summed E-state index contributed by atoms with van der Waals surface area (Å²) in [4.78, 5) is 0. The smallest absolute Gasteiger partial charge is 0.0484 e. The van der Waals surface area contributed by atoms with Crippen LogP contribution in [0.5, 0.6) is 0 Å². The molecule has 1 aliphatic rings. The van der Waals surface area contributed by atoms with Gasteiger partial charge in [0.1, 0.15) is 0 Å². The summed E-state index contributed by atoms with van der Waals surface area (Å²) in [6.07, 6.45) is 8.28. The van der Waals surface area contributed by atoms with E-state index in [9.17, 15) is 0 Å². The Bertz CT molecular complexity index is 592. The molecule has 0 atom stereocenters. The Hall–Kier alpha value is -1.27. The van der Waals surface area contributed by atoms with Crippen molar-refractivity contribution in [3.63, 3.8) is 0 Å². The molecule has 1 aliphatic carbocycles. The Balaban J connectivity index is 1.69. The summed E-state index contributed by atoms with van der Waals surface area (Å²) in [6, 6.07) is 17.2. The van der Waals surface area contributed by atoms with Gasteiger partial charge in [0.15, 0.2) is 0 Å². The van der Waals surface area contributed by atoms with Crippen LogP contribution in [-0.2, 0) is 0 Å². The monoisotopic (exact) mass is 312 g/mol. The Kier molecular flexibility index (Phi) is 5.20. The van der Waals surface area contributed by atoms with E-state index in [1.165, 1.54) is 49.7 Å². The molecule has 22 heavy (non-hydrogen) atoms. The van der Waals surface area contributed by atoms with Crippen molar-refractivity contribution in [2.75, 3.05) is 0 Å². The SMILES string of the molecule is CCCC1CCC(c2ccc(-c3ccccc3Cl)cc2)CC1. The van der Waals surface area contributed by atoms with Crippen LogP contribution in [0.25, 0.3) is 11.1 Å². The molecule has 0 bridgehead atoms. The van der Waals surface area contributed by atoms with Gasteiger partial charge in [-0.3, -0.25) is 0 Å². The van der Waals surface area contributed by atoms with Crippen molar-refractivity contribution in [1.29, 1.82) is 0 Å². The van der Waals surface area contributed by atoms with Gasteiger partial charge >= 0.3 is 0 Å². The van der Waals surface area contributed by atoms with E-state index < -0.39 is 0 Å². The van der Waals surface area contributed by atoms with Crippen molar-refractivity contribution in [2.45, 2.75) is 51.4 Å². The maximum atomic E-state index is 6.29. The molecule has 1 fully saturated rings. The van der Waals surface area contributed by atoms with Gasteiger partial charge in [0.05, 0.1) is 0 Å². The highest BCUT2D eigenvalue weighted by molar-refractivity contribution is 6.33. The molecule has 0 radical (unpaired) electrons. The third-order valence-corrected chi connectivity index (χ3v) is 5.44. The topological polar surface area (TPSA) is 0 Å². The summed E-state index contributed by atoms with van der Waals surface area (Å²) in [5.41, 5.74) is 3.85. The van der Waals surface area contributed by atoms with Gasteiger partial charge in [-0.25, -0.2) is 0 Å². The lowest BCUT2D eigenvalue weighted by molar-refractivity contribution is 0.308. The highest BCUT2D eigenvalue weighted by Crippen LogP contribution is 2.38. The first kappa shape index (κ1) is 15.6. The van der Waals surface area contributed by atoms with Gasteiger partial charge in [0, 0.05) is 10.6 Å². The second-order valence-electron chi connectivity index (χ2n) is 6.61. The lowest BCUT2D eigenvalue weighted by Crippen LogP contribution is -2.13. The second-order valence-corrected chi connectivity index (χ2v) is 7.02. The molecule has 2 aromatic rings. The molecule has 2 aromatic carbocycles. The van der Waals surface area contributed by atoms with Gasteiger partial charge < -0.3 is 0 Å². The summed E-state index contributed by atoms with van der Waals surface area (Å²) in [5.74, 6) is 1.73. The fourth-order valence-corrected chi connectivity index (χ4v) is 4.07. The van der Waals surface area contributed by atoms with E-state index in [1.54, 1.807) is 0 Å². The van der Waals surface area contributed by atoms with Crippen molar-refractivity contribution in [3.8, 4) is 11.1 Å². The molecule has 0 saturated heterocycles. The predicted molar refractivity (Wildman–Crippen MR) is 96.5 cm³/mol. The van der Waals surface area contributed by atoms with Gasteiger partial charge in [0.25, 0.3) is 0 Å². The van der Waals surface area contributed by atoms with E-state index in [0.717, 1.165) is 22.4 Å². The molecule has 1 saturated carbocycles. The molecule has 0 aromatic heterocycles. The van der Waals surface area contributed by atoms with E-state index in [4.69, 9.17) is 11.6 Å². The van der Waals surface area contributed by atoms with Crippen LogP contribution >= 0.6 is 11.6 Å². The molecule has 0 aliphatic heterocycles. The first-order valence-corrected chi connectivity index (χ1v) is 9.00. The number of halogens is 1. The zero-order chi connectivity index (χ0) is 15.4.